The van der Waals surface area contributed by atoms with Crippen molar-refractivity contribution < 1.29 is 4.74 Å². The molecule has 4 N–H and O–H groups in total. The summed E-state index contributed by atoms with van der Waals surface area (Å²) in [6.45, 7) is 4.49. The molecule has 0 saturated heterocycles. The van der Waals surface area contributed by atoms with Gasteiger partial charge in [0, 0.05) is 26.2 Å². The zero-order valence-corrected chi connectivity index (χ0v) is 9.81. The standard InChI is InChI=1S/C10H19N5O/c1-8-9(13-7-14-10(8)16-2)15(5-3-11)6-4-12/h7H,3-6,11-12H2,1-2H3. The van der Waals surface area contributed by atoms with Crippen LogP contribution in [-0.2, 0) is 0 Å². The first kappa shape index (κ1) is 12.7. The highest BCUT2D eigenvalue weighted by molar-refractivity contribution is 5.50. The summed E-state index contributed by atoms with van der Waals surface area (Å²) in [7, 11) is 1.59. The van der Waals surface area contributed by atoms with E-state index in [1.54, 1.807) is 7.11 Å². The van der Waals surface area contributed by atoms with Crippen LogP contribution >= 0.6 is 0 Å². The van der Waals surface area contributed by atoms with E-state index in [1.165, 1.54) is 6.33 Å². The molecule has 1 aromatic rings. The van der Waals surface area contributed by atoms with Gasteiger partial charge in [0.15, 0.2) is 0 Å². The van der Waals surface area contributed by atoms with Crippen LogP contribution in [0.2, 0.25) is 0 Å². The van der Waals surface area contributed by atoms with E-state index in [4.69, 9.17) is 16.2 Å². The number of nitrogens with zero attached hydrogens (tertiary/aromatic N) is 3. The van der Waals surface area contributed by atoms with Crippen LogP contribution in [0.25, 0.3) is 0 Å². The summed E-state index contributed by atoms with van der Waals surface area (Å²) in [5, 5.41) is 0. The number of hydrogen-bond donors (Lipinski definition) is 2. The molecule has 16 heavy (non-hydrogen) atoms. The average Bonchev–Trinajstić information content (AvgIpc) is 2.29. The normalized spacial score (nSPS) is 10.2. The zero-order chi connectivity index (χ0) is 12.0. The smallest absolute Gasteiger partial charge is 0.221 e. The third-order valence-electron chi connectivity index (χ3n) is 2.30. The number of aromatic nitrogens is 2. The molecule has 0 aliphatic rings. The Labute approximate surface area is 95.6 Å². The predicted molar refractivity (Wildman–Crippen MR) is 63.6 cm³/mol. The lowest BCUT2D eigenvalue weighted by atomic mass is 10.3. The van der Waals surface area contributed by atoms with Crippen LogP contribution in [0.5, 0.6) is 5.88 Å². The van der Waals surface area contributed by atoms with Crippen LogP contribution in [0.15, 0.2) is 6.33 Å². The van der Waals surface area contributed by atoms with Crippen molar-refractivity contribution >= 4 is 5.82 Å². The molecule has 6 heteroatoms. The van der Waals surface area contributed by atoms with Crippen LogP contribution in [0.4, 0.5) is 5.82 Å². The van der Waals surface area contributed by atoms with E-state index in [2.05, 4.69) is 9.97 Å². The van der Waals surface area contributed by atoms with E-state index in [-0.39, 0.29) is 0 Å². The van der Waals surface area contributed by atoms with Gasteiger partial charge in [-0.3, -0.25) is 0 Å². The van der Waals surface area contributed by atoms with Crippen molar-refractivity contribution in [3.05, 3.63) is 11.9 Å². The summed E-state index contributed by atoms with van der Waals surface area (Å²) in [6.07, 6.45) is 1.49. The summed E-state index contributed by atoms with van der Waals surface area (Å²) in [4.78, 5) is 10.3. The van der Waals surface area contributed by atoms with Gasteiger partial charge in [-0.05, 0) is 6.92 Å². The number of hydrogen-bond acceptors (Lipinski definition) is 6. The molecule has 0 bridgehead atoms. The first-order valence-electron chi connectivity index (χ1n) is 5.25. The molecule has 1 rings (SSSR count). The maximum Gasteiger partial charge on any atom is 0.221 e. The van der Waals surface area contributed by atoms with E-state index in [0.29, 0.717) is 19.0 Å². The molecule has 1 aromatic heterocycles. The lowest BCUT2D eigenvalue weighted by Gasteiger charge is -2.24. The SMILES string of the molecule is COc1ncnc(N(CCN)CCN)c1C. The number of anilines is 1. The fraction of sp³-hybridized carbons (Fsp3) is 0.600. The minimum absolute atomic E-state index is 0.561. The van der Waals surface area contributed by atoms with Gasteiger partial charge in [-0.1, -0.05) is 0 Å². The Balaban J connectivity index is 2.98. The maximum atomic E-state index is 5.56. The summed E-state index contributed by atoms with van der Waals surface area (Å²) >= 11 is 0. The van der Waals surface area contributed by atoms with Gasteiger partial charge >= 0.3 is 0 Å². The molecule has 0 atom stereocenters. The lowest BCUT2D eigenvalue weighted by Crippen LogP contribution is -2.35. The summed E-state index contributed by atoms with van der Waals surface area (Å²) in [5.74, 6) is 1.42. The number of rotatable bonds is 6. The Bertz CT molecular complexity index is 325. The quantitative estimate of drug-likeness (QED) is 0.679. The van der Waals surface area contributed by atoms with Crippen molar-refractivity contribution in [1.82, 2.24) is 9.97 Å². The molecule has 0 aliphatic carbocycles. The lowest BCUT2D eigenvalue weighted by molar-refractivity contribution is 0.393. The Morgan fingerprint density at radius 2 is 1.88 bits per heavy atom. The van der Waals surface area contributed by atoms with E-state index < -0.39 is 0 Å². The first-order valence-corrected chi connectivity index (χ1v) is 5.25. The van der Waals surface area contributed by atoms with E-state index in [9.17, 15) is 0 Å². The maximum absolute atomic E-state index is 5.56. The zero-order valence-electron chi connectivity index (χ0n) is 9.81. The molecule has 0 aliphatic heterocycles. The van der Waals surface area contributed by atoms with Crippen molar-refractivity contribution in [3.63, 3.8) is 0 Å². The Kier molecular flexibility index (Phi) is 4.94. The molecule has 90 valence electrons. The molecular formula is C10H19N5O. The van der Waals surface area contributed by atoms with Crippen molar-refractivity contribution in [2.24, 2.45) is 11.5 Å². The molecule has 0 fully saturated rings. The summed E-state index contributed by atoms with van der Waals surface area (Å²) in [5.41, 5.74) is 12.0. The van der Waals surface area contributed by atoms with E-state index in [1.807, 2.05) is 11.8 Å². The van der Waals surface area contributed by atoms with Gasteiger partial charge in [-0.25, -0.2) is 9.97 Å². The highest BCUT2D eigenvalue weighted by Gasteiger charge is 2.13. The van der Waals surface area contributed by atoms with Gasteiger partial charge < -0.3 is 21.1 Å². The predicted octanol–water partition coefficient (Wildman–Crippen LogP) is -0.483. The van der Waals surface area contributed by atoms with Crippen LogP contribution in [0.1, 0.15) is 5.56 Å². The second kappa shape index (κ2) is 6.24. The van der Waals surface area contributed by atoms with Crippen molar-refractivity contribution in [1.29, 1.82) is 0 Å². The van der Waals surface area contributed by atoms with Gasteiger partial charge in [0.2, 0.25) is 5.88 Å². The molecular weight excluding hydrogens is 206 g/mol. The fourth-order valence-electron chi connectivity index (χ4n) is 1.59. The number of ether oxygens (including phenoxy) is 1. The average molecular weight is 225 g/mol. The van der Waals surface area contributed by atoms with Gasteiger partial charge in [0.05, 0.1) is 12.7 Å². The molecule has 0 spiro atoms. The van der Waals surface area contributed by atoms with Crippen molar-refractivity contribution in [2.45, 2.75) is 6.92 Å². The Morgan fingerprint density at radius 1 is 1.25 bits per heavy atom. The number of nitrogens with two attached hydrogens (primary N) is 2. The molecule has 0 unspecified atom stereocenters. The molecule has 0 saturated carbocycles. The third kappa shape index (κ3) is 2.80. The minimum atomic E-state index is 0.561. The van der Waals surface area contributed by atoms with Crippen LogP contribution in [-0.4, -0.2) is 43.3 Å². The summed E-state index contributed by atoms with van der Waals surface area (Å²) in [6, 6.07) is 0. The highest BCUT2D eigenvalue weighted by Crippen LogP contribution is 2.22. The largest absolute Gasteiger partial charge is 0.481 e. The van der Waals surface area contributed by atoms with Gasteiger partial charge in [-0.15, -0.1) is 0 Å². The van der Waals surface area contributed by atoms with Crippen LogP contribution < -0.4 is 21.1 Å². The van der Waals surface area contributed by atoms with Gasteiger partial charge in [0.1, 0.15) is 12.1 Å². The molecule has 6 nitrogen and oxygen atoms in total. The van der Waals surface area contributed by atoms with Gasteiger partial charge in [-0.2, -0.15) is 0 Å². The Morgan fingerprint density at radius 3 is 2.38 bits per heavy atom. The van der Waals surface area contributed by atoms with E-state index in [0.717, 1.165) is 24.5 Å². The Hall–Kier alpha value is -1.40. The van der Waals surface area contributed by atoms with E-state index >= 15 is 0 Å². The molecule has 0 amide bonds. The molecule has 1 heterocycles. The second-order valence-corrected chi connectivity index (χ2v) is 3.40. The molecule has 0 aromatic carbocycles. The monoisotopic (exact) mass is 225 g/mol. The second-order valence-electron chi connectivity index (χ2n) is 3.40. The summed E-state index contributed by atoms with van der Waals surface area (Å²) < 4.78 is 5.15. The van der Waals surface area contributed by atoms with Crippen molar-refractivity contribution in [3.8, 4) is 5.88 Å². The number of methoxy groups -OCH3 is 1. The van der Waals surface area contributed by atoms with Gasteiger partial charge in [0.25, 0.3) is 0 Å². The fourth-order valence-corrected chi connectivity index (χ4v) is 1.59. The highest BCUT2D eigenvalue weighted by atomic mass is 16.5. The van der Waals surface area contributed by atoms with Crippen LogP contribution in [0, 0.1) is 6.92 Å². The topological polar surface area (TPSA) is 90.3 Å². The third-order valence-corrected chi connectivity index (χ3v) is 2.30. The first-order chi connectivity index (χ1) is 7.74. The van der Waals surface area contributed by atoms with Crippen LogP contribution in [0.3, 0.4) is 0 Å². The van der Waals surface area contributed by atoms with Crippen molar-refractivity contribution in [2.75, 3.05) is 38.2 Å². The minimum Gasteiger partial charge on any atom is -0.481 e. The molecule has 0 radical (unpaired) electrons.